The Morgan fingerprint density at radius 1 is 0.322 bits per heavy atom. The maximum absolute atomic E-state index is 12.8. The maximum Gasteiger partial charge on any atom is 0.306 e. The van der Waals surface area contributed by atoms with Crippen molar-refractivity contribution in [3.63, 3.8) is 0 Å². The molecule has 0 aromatic rings. The monoisotopic (exact) mass is 829 g/mol. The second kappa shape index (κ2) is 48.3. The first kappa shape index (κ1) is 56.6. The maximum atomic E-state index is 12.8. The molecule has 0 heterocycles. The van der Waals surface area contributed by atoms with Crippen LogP contribution in [0.4, 0.5) is 0 Å². The molecule has 6 heteroatoms. The first-order valence-corrected chi connectivity index (χ1v) is 25.5. The molecule has 6 nitrogen and oxygen atoms in total. The highest BCUT2D eigenvalue weighted by Crippen LogP contribution is 2.14. The Kier molecular flexibility index (Phi) is 46.4. The molecule has 1 atom stereocenters. The lowest BCUT2D eigenvalue weighted by Crippen LogP contribution is -2.30. The van der Waals surface area contributed by atoms with Gasteiger partial charge in [0.25, 0.3) is 0 Å². The van der Waals surface area contributed by atoms with Crippen molar-refractivity contribution < 1.29 is 28.6 Å². The van der Waals surface area contributed by atoms with E-state index in [1.165, 1.54) is 141 Å². The molecule has 344 valence electrons. The van der Waals surface area contributed by atoms with Crippen molar-refractivity contribution in [2.45, 2.75) is 271 Å². The lowest BCUT2D eigenvalue weighted by Gasteiger charge is -2.18. The van der Waals surface area contributed by atoms with Gasteiger partial charge in [-0.05, 0) is 96.3 Å². The van der Waals surface area contributed by atoms with Crippen LogP contribution < -0.4 is 0 Å². The quantitative estimate of drug-likeness (QED) is 0.0263. The van der Waals surface area contributed by atoms with E-state index in [0.29, 0.717) is 19.3 Å². The van der Waals surface area contributed by atoms with E-state index in [1.807, 2.05) is 0 Å². The third kappa shape index (κ3) is 46.5. The largest absolute Gasteiger partial charge is 0.462 e. The molecule has 1 unspecified atom stereocenters. The van der Waals surface area contributed by atoms with Crippen molar-refractivity contribution in [1.82, 2.24) is 0 Å². The standard InChI is InChI=1S/C53H96O6/c1-4-7-10-13-16-19-22-25-26-29-31-34-37-40-43-46-52(55)58-49-50(59-53(56)47-44-41-38-35-32-28-24-21-18-15-12-9-6-3)48-57-51(54)45-42-39-36-33-30-27-23-20-17-14-11-8-5-2/h20-21,23-26,50H,4-19,22,27-49H2,1-3H3/b23-20+,24-21+,26-25+. The fraction of sp³-hybridized carbons (Fsp3) is 0.830. The van der Waals surface area contributed by atoms with Gasteiger partial charge < -0.3 is 14.2 Å². The molecule has 59 heavy (non-hydrogen) atoms. The predicted octanol–water partition coefficient (Wildman–Crippen LogP) is 16.5. The Morgan fingerprint density at radius 2 is 0.559 bits per heavy atom. The van der Waals surface area contributed by atoms with Crippen LogP contribution in [0.2, 0.25) is 0 Å². The number of rotatable bonds is 46. The minimum Gasteiger partial charge on any atom is -0.462 e. The Bertz CT molecular complexity index is 1000. The molecular weight excluding hydrogens is 733 g/mol. The SMILES string of the molecule is CCCCCC/C=C/CCCCCCCC(=O)OCC(COC(=O)CCCCCCC/C=C/CCCCCCCC)OC(=O)CCCCCCC/C=C/CCCCCC. The van der Waals surface area contributed by atoms with E-state index in [-0.39, 0.29) is 31.1 Å². The summed E-state index contributed by atoms with van der Waals surface area (Å²) in [5, 5.41) is 0. The van der Waals surface area contributed by atoms with Crippen molar-refractivity contribution in [2.75, 3.05) is 13.2 Å². The zero-order chi connectivity index (χ0) is 43.0. The fourth-order valence-corrected chi connectivity index (χ4v) is 7.19. The van der Waals surface area contributed by atoms with Crippen molar-refractivity contribution >= 4 is 17.9 Å². The summed E-state index contributed by atoms with van der Waals surface area (Å²) in [6.07, 6.45) is 55.5. The second-order valence-corrected chi connectivity index (χ2v) is 17.1. The van der Waals surface area contributed by atoms with E-state index in [2.05, 4.69) is 57.2 Å². The number of esters is 3. The second-order valence-electron chi connectivity index (χ2n) is 17.1. The third-order valence-corrected chi connectivity index (χ3v) is 11.1. The Labute approximate surface area is 365 Å². The zero-order valence-corrected chi connectivity index (χ0v) is 39.3. The van der Waals surface area contributed by atoms with Crippen LogP contribution in [0, 0.1) is 0 Å². The lowest BCUT2D eigenvalue weighted by atomic mass is 10.1. The third-order valence-electron chi connectivity index (χ3n) is 11.1. The molecule has 0 radical (unpaired) electrons. The molecule has 0 saturated carbocycles. The fourth-order valence-electron chi connectivity index (χ4n) is 7.19. The van der Waals surface area contributed by atoms with E-state index in [1.54, 1.807) is 0 Å². The normalized spacial score (nSPS) is 12.3. The van der Waals surface area contributed by atoms with Crippen LogP contribution >= 0.6 is 0 Å². The number of unbranched alkanes of at least 4 members (excludes halogenated alkanes) is 29. The van der Waals surface area contributed by atoms with Crippen molar-refractivity contribution in [1.29, 1.82) is 0 Å². The van der Waals surface area contributed by atoms with Gasteiger partial charge >= 0.3 is 17.9 Å². The number of hydrogen-bond acceptors (Lipinski definition) is 6. The van der Waals surface area contributed by atoms with Crippen LogP contribution in [0.15, 0.2) is 36.5 Å². The highest BCUT2D eigenvalue weighted by Gasteiger charge is 2.19. The molecule has 0 aromatic carbocycles. The predicted molar refractivity (Wildman–Crippen MR) is 252 cm³/mol. The van der Waals surface area contributed by atoms with E-state index in [9.17, 15) is 14.4 Å². The summed E-state index contributed by atoms with van der Waals surface area (Å²) < 4.78 is 16.8. The number of carbonyl (C=O) groups excluding carboxylic acids is 3. The number of carbonyl (C=O) groups is 3. The van der Waals surface area contributed by atoms with Gasteiger partial charge in [-0.15, -0.1) is 0 Å². The molecular formula is C53H96O6. The lowest BCUT2D eigenvalue weighted by molar-refractivity contribution is -0.167. The average Bonchev–Trinajstić information content (AvgIpc) is 3.23. The average molecular weight is 829 g/mol. The van der Waals surface area contributed by atoms with Gasteiger partial charge in [0.2, 0.25) is 0 Å². The van der Waals surface area contributed by atoms with Crippen molar-refractivity contribution in [3.05, 3.63) is 36.5 Å². The molecule has 0 bridgehead atoms. The highest BCUT2D eigenvalue weighted by molar-refractivity contribution is 5.71. The van der Waals surface area contributed by atoms with Gasteiger partial charge in [0, 0.05) is 19.3 Å². The van der Waals surface area contributed by atoms with E-state index < -0.39 is 6.10 Å². The topological polar surface area (TPSA) is 78.9 Å². The molecule has 0 amide bonds. The molecule has 0 aliphatic carbocycles. The Balaban J connectivity index is 4.39. The molecule has 0 aliphatic rings. The van der Waals surface area contributed by atoms with E-state index in [4.69, 9.17) is 14.2 Å². The van der Waals surface area contributed by atoms with Crippen molar-refractivity contribution in [2.24, 2.45) is 0 Å². The molecule has 0 spiro atoms. The summed E-state index contributed by atoms with van der Waals surface area (Å²) in [6, 6.07) is 0. The molecule has 0 N–H and O–H groups in total. The summed E-state index contributed by atoms with van der Waals surface area (Å²) in [7, 11) is 0. The smallest absolute Gasteiger partial charge is 0.306 e. The van der Waals surface area contributed by atoms with Gasteiger partial charge in [-0.25, -0.2) is 0 Å². The summed E-state index contributed by atoms with van der Waals surface area (Å²) in [5.74, 6) is -0.900. The van der Waals surface area contributed by atoms with E-state index >= 15 is 0 Å². The molecule has 0 aliphatic heterocycles. The highest BCUT2D eigenvalue weighted by atomic mass is 16.6. The Morgan fingerprint density at radius 3 is 0.864 bits per heavy atom. The van der Waals surface area contributed by atoms with Crippen LogP contribution in [-0.4, -0.2) is 37.2 Å². The van der Waals surface area contributed by atoms with Gasteiger partial charge in [-0.3, -0.25) is 14.4 Å². The zero-order valence-electron chi connectivity index (χ0n) is 39.3. The van der Waals surface area contributed by atoms with Gasteiger partial charge in [0.05, 0.1) is 0 Å². The van der Waals surface area contributed by atoms with Crippen LogP contribution in [0.25, 0.3) is 0 Å². The molecule has 0 aromatic heterocycles. The summed E-state index contributed by atoms with van der Waals surface area (Å²) in [5.41, 5.74) is 0. The van der Waals surface area contributed by atoms with Crippen LogP contribution in [0.5, 0.6) is 0 Å². The minimum atomic E-state index is -0.780. The molecule has 0 rings (SSSR count). The number of hydrogen-bond donors (Lipinski definition) is 0. The first-order chi connectivity index (χ1) is 29.0. The molecule has 0 fully saturated rings. The van der Waals surface area contributed by atoms with E-state index in [0.717, 1.165) is 83.5 Å². The van der Waals surface area contributed by atoms with Crippen LogP contribution in [0.3, 0.4) is 0 Å². The first-order valence-electron chi connectivity index (χ1n) is 25.5. The van der Waals surface area contributed by atoms with Crippen LogP contribution in [0.1, 0.15) is 265 Å². The van der Waals surface area contributed by atoms with Gasteiger partial charge in [0.1, 0.15) is 13.2 Å². The van der Waals surface area contributed by atoms with Gasteiger partial charge in [-0.1, -0.05) is 186 Å². The van der Waals surface area contributed by atoms with Gasteiger partial charge in [-0.2, -0.15) is 0 Å². The van der Waals surface area contributed by atoms with Gasteiger partial charge in [0.15, 0.2) is 6.10 Å². The summed E-state index contributed by atoms with van der Waals surface area (Å²) >= 11 is 0. The molecule has 0 saturated heterocycles. The van der Waals surface area contributed by atoms with Crippen molar-refractivity contribution in [3.8, 4) is 0 Å². The number of allylic oxidation sites excluding steroid dienone is 6. The van der Waals surface area contributed by atoms with Crippen LogP contribution in [-0.2, 0) is 28.6 Å². The summed E-state index contributed by atoms with van der Waals surface area (Å²) in [4.78, 5) is 37.9. The minimum absolute atomic E-state index is 0.0811. The number of ether oxygens (including phenoxy) is 3. The summed E-state index contributed by atoms with van der Waals surface area (Å²) in [6.45, 7) is 6.59. The Hall–Kier alpha value is -2.37.